The summed E-state index contributed by atoms with van der Waals surface area (Å²) in [6, 6.07) is 30.6. The van der Waals surface area contributed by atoms with Crippen molar-refractivity contribution in [3.05, 3.63) is 114 Å². The minimum Gasteiger partial charge on any atom is -0.494 e. The van der Waals surface area contributed by atoms with Crippen LogP contribution in [0.5, 0.6) is 5.75 Å². The van der Waals surface area contributed by atoms with Gasteiger partial charge in [0, 0.05) is 11.1 Å². The number of imide groups is 1. The van der Waals surface area contributed by atoms with Crippen molar-refractivity contribution in [1.82, 2.24) is 4.90 Å². The van der Waals surface area contributed by atoms with Crippen molar-refractivity contribution in [1.29, 1.82) is 0 Å². The summed E-state index contributed by atoms with van der Waals surface area (Å²) in [6.45, 7) is 2.68. The normalized spacial score (nSPS) is 13.6. The van der Waals surface area contributed by atoms with Crippen LogP contribution in [-0.2, 0) is 16.1 Å². The highest BCUT2D eigenvalue weighted by atomic mass is 16.5. The van der Waals surface area contributed by atoms with Gasteiger partial charge in [-0.1, -0.05) is 78.9 Å². The van der Waals surface area contributed by atoms with Crippen LogP contribution < -0.4 is 10.1 Å². The van der Waals surface area contributed by atoms with Gasteiger partial charge < -0.3 is 10.1 Å². The predicted octanol–water partition coefficient (Wildman–Crippen LogP) is 5.63. The molecule has 0 bridgehead atoms. The Kier molecular flexibility index (Phi) is 5.83. The number of hydrogen-bond acceptors (Lipinski definition) is 4. The molecule has 0 saturated carbocycles. The maximum Gasteiger partial charge on any atom is 0.278 e. The van der Waals surface area contributed by atoms with Crippen molar-refractivity contribution in [2.24, 2.45) is 0 Å². The molecular formula is C29H24N2O3. The summed E-state index contributed by atoms with van der Waals surface area (Å²) in [7, 11) is 0. The van der Waals surface area contributed by atoms with E-state index in [0.29, 0.717) is 23.5 Å². The van der Waals surface area contributed by atoms with Crippen LogP contribution in [0.15, 0.2) is 103 Å². The first-order valence-corrected chi connectivity index (χ1v) is 11.3. The molecule has 1 aliphatic rings. The van der Waals surface area contributed by atoms with Gasteiger partial charge >= 0.3 is 0 Å². The maximum atomic E-state index is 13.6. The molecule has 0 aliphatic carbocycles. The van der Waals surface area contributed by atoms with E-state index in [9.17, 15) is 9.59 Å². The Morgan fingerprint density at radius 3 is 2.24 bits per heavy atom. The molecule has 34 heavy (non-hydrogen) atoms. The number of fused-ring (bicyclic) bond motifs is 1. The average Bonchev–Trinajstić information content (AvgIpc) is 3.10. The Morgan fingerprint density at radius 1 is 0.765 bits per heavy atom. The second-order valence-electron chi connectivity index (χ2n) is 8.04. The van der Waals surface area contributed by atoms with Crippen molar-refractivity contribution in [3.8, 4) is 5.75 Å². The quantitative estimate of drug-likeness (QED) is 0.372. The van der Waals surface area contributed by atoms with Gasteiger partial charge in [-0.15, -0.1) is 0 Å². The highest BCUT2D eigenvalue weighted by Crippen LogP contribution is 2.34. The third kappa shape index (κ3) is 4.04. The average molecular weight is 449 g/mol. The fraction of sp³-hybridized carbons (Fsp3) is 0.103. The van der Waals surface area contributed by atoms with Crippen LogP contribution in [0.2, 0.25) is 0 Å². The van der Waals surface area contributed by atoms with E-state index in [2.05, 4.69) is 5.32 Å². The minimum atomic E-state index is -0.342. The molecular weight excluding hydrogens is 424 g/mol. The van der Waals surface area contributed by atoms with Crippen LogP contribution in [0.1, 0.15) is 18.1 Å². The van der Waals surface area contributed by atoms with Gasteiger partial charge in [0.15, 0.2) is 0 Å². The van der Waals surface area contributed by atoms with Crippen LogP contribution >= 0.6 is 0 Å². The Balaban J connectivity index is 1.58. The number of ether oxygens (including phenoxy) is 1. The summed E-state index contributed by atoms with van der Waals surface area (Å²) in [5.74, 6) is 0.0553. The van der Waals surface area contributed by atoms with Gasteiger partial charge in [-0.05, 0) is 41.6 Å². The van der Waals surface area contributed by atoms with Gasteiger partial charge in [-0.3, -0.25) is 14.5 Å². The summed E-state index contributed by atoms with van der Waals surface area (Å²) >= 11 is 0. The maximum absolute atomic E-state index is 13.6. The smallest absolute Gasteiger partial charge is 0.278 e. The molecule has 4 aromatic rings. The van der Waals surface area contributed by atoms with Crippen LogP contribution in [0, 0.1) is 0 Å². The van der Waals surface area contributed by atoms with Crippen molar-refractivity contribution in [2.45, 2.75) is 13.5 Å². The number of carbonyl (C=O) groups is 2. The Labute approximate surface area is 198 Å². The van der Waals surface area contributed by atoms with E-state index in [1.165, 1.54) is 4.90 Å². The number of benzene rings is 4. The third-order valence-electron chi connectivity index (χ3n) is 5.85. The molecule has 168 valence electrons. The zero-order valence-electron chi connectivity index (χ0n) is 18.8. The lowest BCUT2D eigenvalue weighted by Gasteiger charge is -2.16. The van der Waals surface area contributed by atoms with Crippen LogP contribution in [-0.4, -0.2) is 23.3 Å². The topological polar surface area (TPSA) is 58.6 Å². The standard InChI is InChI=1S/C29H24N2O3/c1-2-34-23-17-15-22(16-18-23)26-27(30-25-14-8-12-21-11-6-7-13-24(21)25)29(33)31(28(26)32)19-20-9-4-3-5-10-20/h3-18,30H,2,19H2,1H3. The Hall–Kier alpha value is -4.38. The molecule has 1 aliphatic heterocycles. The molecule has 5 heteroatoms. The minimum absolute atomic E-state index is 0.208. The molecule has 0 atom stereocenters. The Morgan fingerprint density at radius 2 is 1.47 bits per heavy atom. The van der Waals surface area contributed by atoms with Crippen molar-refractivity contribution < 1.29 is 14.3 Å². The largest absolute Gasteiger partial charge is 0.494 e. The molecule has 1 heterocycles. The number of amides is 2. The van der Waals surface area contributed by atoms with Crippen molar-refractivity contribution in [2.75, 3.05) is 11.9 Å². The van der Waals surface area contributed by atoms with Crippen LogP contribution in [0.25, 0.3) is 16.3 Å². The van der Waals surface area contributed by atoms with Gasteiger partial charge in [0.1, 0.15) is 11.4 Å². The summed E-state index contributed by atoms with van der Waals surface area (Å²) in [5, 5.41) is 5.33. The van der Waals surface area contributed by atoms with Crippen LogP contribution in [0.3, 0.4) is 0 Å². The van der Waals surface area contributed by atoms with Gasteiger partial charge in [-0.25, -0.2) is 0 Å². The van der Waals surface area contributed by atoms with E-state index < -0.39 is 0 Å². The molecule has 0 saturated heterocycles. The lowest BCUT2D eigenvalue weighted by atomic mass is 10.0. The molecule has 0 aromatic heterocycles. The highest BCUT2D eigenvalue weighted by Gasteiger charge is 2.39. The molecule has 0 fully saturated rings. The first-order chi connectivity index (χ1) is 16.7. The first-order valence-electron chi connectivity index (χ1n) is 11.3. The van der Waals surface area contributed by atoms with Crippen molar-refractivity contribution in [3.63, 3.8) is 0 Å². The van der Waals surface area contributed by atoms with E-state index in [1.807, 2.05) is 104 Å². The number of rotatable bonds is 7. The molecule has 0 radical (unpaired) electrons. The molecule has 2 amide bonds. The lowest BCUT2D eigenvalue weighted by molar-refractivity contribution is -0.137. The summed E-state index contributed by atoms with van der Waals surface area (Å²) in [5.41, 5.74) is 2.97. The second kappa shape index (κ2) is 9.24. The van der Waals surface area contributed by atoms with Crippen molar-refractivity contribution >= 4 is 33.8 Å². The fourth-order valence-corrected chi connectivity index (χ4v) is 4.22. The van der Waals surface area contributed by atoms with E-state index in [1.54, 1.807) is 0 Å². The van der Waals surface area contributed by atoms with E-state index in [0.717, 1.165) is 22.0 Å². The third-order valence-corrected chi connectivity index (χ3v) is 5.85. The Bertz CT molecular complexity index is 1390. The first kappa shape index (κ1) is 21.5. The molecule has 5 rings (SSSR count). The summed E-state index contributed by atoms with van der Waals surface area (Å²) in [4.78, 5) is 28.4. The van der Waals surface area contributed by atoms with E-state index in [-0.39, 0.29) is 24.1 Å². The van der Waals surface area contributed by atoms with Gasteiger partial charge in [0.2, 0.25) is 0 Å². The summed E-state index contributed by atoms with van der Waals surface area (Å²) < 4.78 is 5.55. The molecule has 0 unspecified atom stereocenters. The molecule has 4 aromatic carbocycles. The molecule has 5 nitrogen and oxygen atoms in total. The van der Waals surface area contributed by atoms with Gasteiger partial charge in [0.25, 0.3) is 11.8 Å². The SMILES string of the molecule is CCOc1ccc(C2=C(Nc3cccc4ccccc34)C(=O)N(Cc3ccccc3)C2=O)cc1. The predicted molar refractivity (Wildman–Crippen MR) is 134 cm³/mol. The number of carbonyl (C=O) groups excluding carboxylic acids is 2. The second-order valence-corrected chi connectivity index (χ2v) is 8.04. The van der Waals surface area contributed by atoms with Gasteiger partial charge in [0.05, 0.1) is 18.7 Å². The fourth-order valence-electron chi connectivity index (χ4n) is 4.22. The number of hydrogen-bond donors (Lipinski definition) is 1. The zero-order chi connectivity index (χ0) is 23.5. The highest BCUT2D eigenvalue weighted by molar-refractivity contribution is 6.36. The summed E-state index contributed by atoms with van der Waals surface area (Å²) in [6.07, 6.45) is 0. The number of nitrogens with one attached hydrogen (secondary N) is 1. The molecule has 1 N–H and O–H groups in total. The number of anilines is 1. The number of nitrogens with zero attached hydrogens (tertiary/aromatic N) is 1. The van der Waals surface area contributed by atoms with E-state index in [4.69, 9.17) is 4.74 Å². The van der Waals surface area contributed by atoms with E-state index >= 15 is 0 Å². The monoisotopic (exact) mass is 448 g/mol. The van der Waals surface area contributed by atoms with Gasteiger partial charge in [-0.2, -0.15) is 0 Å². The van der Waals surface area contributed by atoms with Crippen LogP contribution in [0.4, 0.5) is 5.69 Å². The zero-order valence-corrected chi connectivity index (χ0v) is 18.8. The lowest BCUT2D eigenvalue weighted by Crippen LogP contribution is -2.32. The molecule has 0 spiro atoms.